The summed E-state index contributed by atoms with van der Waals surface area (Å²) in [5.41, 5.74) is -0.00731. The van der Waals surface area contributed by atoms with Gasteiger partial charge in [0.1, 0.15) is 17.1 Å². The summed E-state index contributed by atoms with van der Waals surface area (Å²) in [4.78, 5) is 22.5. The molecule has 3 N–H and O–H groups in total. The van der Waals surface area contributed by atoms with Crippen LogP contribution < -0.4 is 5.32 Å². The van der Waals surface area contributed by atoms with Crippen LogP contribution in [0.5, 0.6) is 5.75 Å². The molecule has 1 amide bonds. The van der Waals surface area contributed by atoms with E-state index in [4.69, 9.17) is 9.52 Å². The van der Waals surface area contributed by atoms with Gasteiger partial charge in [0.2, 0.25) is 5.91 Å². The van der Waals surface area contributed by atoms with E-state index in [9.17, 15) is 14.7 Å². The van der Waals surface area contributed by atoms with E-state index < -0.39 is 11.9 Å². The molecule has 1 aromatic carbocycles. The highest BCUT2D eigenvalue weighted by Gasteiger charge is 2.10. The maximum Gasteiger partial charge on any atom is 0.339 e. The van der Waals surface area contributed by atoms with E-state index in [1.807, 2.05) is 0 Å². The van der Waals surface area contributed by atoms with Crippen LogP contribution in [0.1, 0.15) is 16.1 Å². The molecule has 0 spiro atoms. The number of carbonyl (C=O) groups excluding carboxylic acids is 1. The lowest BCUT2D eigenvalue weighted by molar-refractivity contribution is -0.111. The molecule has 0 atom stereocenters. The SMILES string of the molecule is O=C(/C=C/c1ccco1)Nc1ccc(O)c(C(=O)O)c1. The molecule has 0 saturated carbocycles. The molecule has 1 heterocycles. The number of hydrogen-bond acceptors (Lipinski definition) is 4. The number of carboxylic acid groups (broad SMARTS) is 1. The van der Waals surface area contributed by atoms with Gasteiger partial charge in [0.25, 0.3) is 0 Å². The van der Waals surface area contributed by atoms with Crippen LogP contribution in [0.4, 0.5) is 5.69 Å². The van der Waals surface area contributed by atoms with Crippen molar-refractivity contribution in [3.63, 3.8) is 0 Å². The summed E-state index contributed by atoms with van der Waals surface area (Å²) in [6.07, 6.45) is 4.22. The predicted octanol–water partition coefficient (Wildman–Crippen LogP) is 2.34. The zero-order chi connectivity index (χ0) is 14.5. The van der Waals surface area contributed by atoms with Crippen LogP contribution in [0.25, 0.3) is 6.08 Å². The third-order valence-corrected chi connectivity index (χ3v) is 2.44. The summed E-state index contributed by atoms with van der Waals surface area (Å²) in [7, 11) is 0. The number of phenols is 1. The zero-order valence-electron chi connectivity index (χ0n) is 10.2. The van der Waals surface area contributed by atoms with E-state index in [2.05, 4.69) is 5.32 Å². The number of rotatable bonds is 4. The Kier molecular flexibility index (Phi) is 3.85. The number of aromatic hydroxyl groups is 1. The van der Waals surface area contributed by atoms with E-state index in [1.54, 1.807) is 12.1 Å². The van der Waals surface area contributed by atoms with Crippen molar-refractivity contribution in [1.29, 1.82) is 0 Å². The summed E-state index contributed by atoms with van der Waals surface area (Å²) in [5, 5.41) is 20.7. The summed E-state index contributed by atoms with van der Waals surface area (Å²) >= 11 is 0. The van der Waals surface area contributed by atoms with E-state index >= 15 is 0 Å². The van der Waals surface area contributed by atoms with Crippen LogP contribution in [0, 0.1) is 0 Å². The number of furan rings is 1. The molecule has 102 valence electrons. The number of hydrogen-bond donors (Lipinski definition) is 3. The summed E-state index contributed by atoms with van der Waals surface area (Å²) < 4.78 is 5.02. The van der Waals surface area contributed by atoms with E-state index in [-0.39, 0.29) is 17.0 Å². The molecule has 0 radical (unpaired) electrons. The average molecular weight is 273 g/mol. The van der Waals surface area contributed by atoms with Crippen molar-refractivity contribution >= 4 is 23.6 Å². The molecule has 0 saturated heterocycles. The largest absolute Gasteiger partial charge is 0.507 e. The summed E-state index contributed by atoms with van der Waals surface area (Å²) in [6.45, 7) is 0. The molecular formula is C14H11NO5. The minimum atomic E-state index is -1.27. The van der Waals surface area contributed by atoms with Gasteiger partial charge in [-0.2, -0.15) is 0 Å². The number of anilines is 1. The van der Waals surface area contributed by atoms with Crippen LogP contribution >= 0.6 is 0 Å². The first-order valence-electron chi connectivity index (χ1n) is 5.65. The fraction of sp³-hybridized carbons (Fsp3) is 0. The molecule has 0 bridgehead atoms. The van der Waals surface area contributed by atoms with E-state index in [1.165, 1.54) is 36.6 Å². The number of amides is 1. The minimum absolute atomic E-state index is 0.272. The molecule has 0 aliphatic heterocycles. The van der Waals surface area contributed by atoms with Crippen molar-refractivity contribution in [2.24, 2.45) is 0 Å². The Morgan fingerprint density at radius 2 is 2.05 bits per heavy atom. The lowest BCUT2D eigenvalue weighted by atomic mass is 10.2. The van der Waals surface area contributed by atoms with Gasteiger partial charge < -0.3 is 19.9 Å². The quantitative estimate of drug-likeness (QED) is 0.586. The Morgan fingerprint density at radius 1 is 1.25 bits per heavy atom. The lowest BCUT2D eigenvalue weighted by Gasteiger charge is -2.05. The highest BCUT2D eigenvalue weighted by Crippen LogP contribution is 2.21. The Hall–Kier alpha value is -3.02. The van der Waals surface area contributed by atoms with Gasteiger partial charge in [-0.3, -0.25) is 4.79 Å². The normalized spacial score (nSPS) is 10.6. The van der Waals surface area contributed by atoms with Crippen molar-refractivity contribution in [1.82, 2.24) is 0 Å². The third-order valence-electron chi connectivity index (χ3n) is 2.44. The molecule has 6 nitrogen and oxygen atoms in total. The number of benzene rings is 1. The topological polar surface area (TPSA) is 99.8 Å². The van der Waals surface area contributed by atoms with Gasteiger partial charge >= 0.3 is 5.97 Å². The maximum atomic E-state index is 11.6. The first-order valence-corrected chi connectivity index (χ1v) is 5.65. The molecule has 6 heteroatoms. The summed E-state index contributed by atoms with van der Waals surface area (Å²) in [5.74, 6) is -1.55. The fourth-order valence-electron chi connectivity index (χ4n) is 1.51. The van der Waals surface area contributed by atoms with Gasteiger partial charge in [0, 0.05) is 11.8 Å². The molecule has 0 unspecified atom stereocenters. The van der Waals surface area contributed by atoms with Crippen LogP contribution in [0.15, 0.2) is 47.1 Å². The molecule has 20 heavy (non-hydrogen) atoms. The smallest absolute Gasteiger partial charge is 0.339 e. The highest BCUT2D eigenvalue weighted by atomic mass is 16.4. The van der Waals surface area contributed by atoms with Gasteiger partial charge in [-0.25, -0.2) is 4.79 Å². The number of nitrogens with one attached hydrogen (secondary N) is 1. The van der Waals surface area contributed by atoms with E-state index in [0.717, 1.165) is 0 Å². The second-order valence-corrected chi connectivity index (χ2v) is 3.88. The predicted molar refractivity (Wildman–Crippen MR) is 71.4 cm³/mol. The van der Waals surface area contributed by atoms with Gasteiger partial charge in [0.15, 0.2) is 0 Å². The molecular weight excluding hydrogens is 262 g/mol. The van der Waals surface area contributed by atoms with Crippen LogP contribution in [0.2, 0.25) is 0 Å². The van der Waals surface area contributed by atoms with Gasteiger partial charge in [-0.05, 0) is 36.4 Å². The Balaban J connectivity index is 2.08. The standard InChI is InChI=1S/C14H11NO5/c16-12-5-3-9(8-11(12)14(18)19)15-13(17)6-4-10-2-1-7-20-10/h1-8,16H,(H,15,17)(H,18,19)/b6-4+. The maximum absolute atomic E-state index is 11.6. The summed E-state index contributed by atoms with van der Waals surface area (Å²) in [6, 6.07) is 7.16. The van der Waals surface area contributed by atoms with Crippen LogP contribution in [-0.4, -0.2) is 22.1 Å². The molecule has 0 fully saturated rings. The number of carboxylic acids is 1. The first-order chi connectivity index (χ1) is 9.56. The number of carbonyl (C=O) groups is 2. The van der Waals surface area contributed by atoms with Gasteiger partial charge in [-0.15, -0.1) is 0 Å². The highest BCUT2D eigenvalue weighted by molar-refractivity contribution is 6.02. The van der Waals surface area contributed by atoms with E-state index in [0.29, 0.717) is 5.76 Å². The van der Waals surface area contributed by atoms with Gasteiger partial charge in [-0.1, -0.05) is 0 Å². The third kappa shape index (κ3) is 3.26. The Morgan fingerprint density at radius 3 is 2.70 bits per heavy atom. The Labute approximate surface area is 114 Å². The monoisotopic (exact) mass is 273 g/mol. The van der Waals surface area contributed by atoms with Crippen molar-refractivity contribution in [3.8, 4) is 5.75 Å². The van der Waals surface area contributed by atoms with Crippen molar-refractivity contribution < 1.29 is 24.2 Å². The molecule has 1 aromatic heterocycles. The number of aromatic carboxylic acids is 1. The van der Waals surface area contributed by atoms with Gasteiger partial charge in [0.05, 0.1) is 6.26 Å². The zero-order valence-corrected chi connectivity index (χ0v) is 10.2. The second kappa shape index (κ2) is 5.75. The van der Waals surface area contributed by atoms with Crippen LogP contribution in [-0.2, 0) is 4.79 Å². The minimum Gasteiger partial charge on any atom is -0.507 e. The van der Waals surface area contributed by atoms with Crippen molar-refractivity contribution in [2.75, 3.05) is 5.32 Å². The van der Waals surface area contributed by atoms with Crippen LogP contribution in [0.3, 0.4) is 0 Å². The molecule has 0 aliphatic rings. The average Bonchev–Trinajstić information content (AvgIpc) is 2.91. The molecule has 2 rings (SSSR count). The second-order valence-electron chi connectivity index (χ2n) is 3.88. The van der Waals surface area contributed by atoms with Crippen molar-refractivity contribution in [3.05, 3.63) is 54.0 Å². The van der Waals surface area contributed by atoms with Crippen molar-refractivity contribution in [2.45, 2.75) is 0 Å². The Bertz CT molecular complexity index is 658. The fourth-order valence-corrected chi connectivity index (χ4v) is 1.51. The molecule has 0 aliphatic carbocycles. The lowest BCUT2D eigenvalue weighted by Crippen LogP contribution is -2.08. The molecule has 2 aromatic rings. The first kappa shape index (κ1) is 13.4.